The first kappa shape index (κ1) is 15.2. The monoisotopic (exact) mass is 288 g/mol. The van der Waals surface area contributed by atoms with Gasteiger partial charge in [0.15, 0.2) is 0 Å². The molecule has 2 N–H and O–H groups in total. The maximum Gasteiger partial charge on any atom is 0.315 e. The van der Waals surface area contributed by atoms with Crippen LogP contribution in [0.25, 0.3) is 0 Å². The number of halogens is 2. The summed E-state index contributed by atoms with van der Waals surface area (Å²) in [5.41, 5.74) is 0. The molecule has 2 amide bonds. The topological polar surface area (TPSA) is 50.4 Å². The molecule has 2 rings (SSSR count). The first-order valence-corrected chi connectivity index (χ1v) is 7.19. The highest BCUT2D eigenvalue weighted by atomic mass is 19.3. The van der Waals surface area contributed by atoms with Crippen LogP contribution in [-0.4, -0.2) is 37.3 Å². The lowest BCUT2D eigenvalue weighted by molar-refractivity contribution is -0.0350. The Morgan fingerprint density at radius 1 is 1.40 bits per heavy atom. The largest absolute Gasteiger partial charge is 0.372 e. The van der Waals surface area contributed by atoms with Gasteiger partial charge in [-0.05, 0) is 25.7 Å². The van der Waals surface area contributed by atoms with Crippen molar-refractivity contribution in [2.75, 3.05) is 13.2 Å². The molecule has 0 spiro atoms. The van der Waals surface area contributed by atoms with Crippen molar-refractivity contribution in [3.63, 3.8) is 0 Å². The van der Waals surface area contributed by atoms with Crippen LogP contribution in [0.3, 0.4) is 0 Å². The van der Waals surface area contributed by atoms with Gasteiger partial charge in [-0.1, -0.05) is 6.08 Å². The van der Waals surface area contributed by atoms with Crippen molar-refractivity contribution in [3.8, 4) is 0 Å². The van der Waals surface area contributed by atoms with E-state index < -0.39 is 17.9 Å². The van der Waals surface area contributed by atoms with Crippen LogP contribution in [0, 0.1) is 5.92 Å². The quantitative estimate of drug-likeness (QED) is 0.781. The third-order valence-electron chi connectivity index (χ3n) is 4.08. The Morgan fingerprint density at radius 2 is 2.20 bits per heavy atom. The zero-order valence-corrected chi connectivity index (χ0v) is 11.5. The van der Waals surface area contributed by atoms with Crippen molar-refractivity contribution in [2.24, 2.45) is 5.92 Å². The highest BCUT2D eigenvalue weighted by molar-refractivity contribution is 5.74. The minimum absolute atomic E-state index is 0.0190. The van der Waals surface area contributed by atoms with E-state index in [-0.39, 0.29) is 25.1 Å². The number of rotatable bonds is 4. The second-order valence-electron chi connectivity index (χ2n) is 5.52. The van der Waals surface area contributed by atoms with Crippen LogP contribution in [0.5, 0.6) is 0 Å². The minimum Gasteiger partial charge on any atom is -0.372 e. The molecule has 1 aliphatic heterocycles. The molecular formula is C14H22F2N2O2. The molecule has 3 atom stereocenters. The molecule has 1 saturated heterocycles. The number of carbonyl (C=O) groups excluding carboxylic acids is 1. The number of amides is 2. The Balaban J connectivity index is 1.76. The highest BCUT2D eigenvalue weighted by Crippen LogP contribution is 2.39. The molecule has 20 heavy (non-hydrogen) atoms. The smallest absolute Gasteiger partial charge is 0.315 e. The van der Waals surface area contributed by atoms with Gasteiger partial charge in [0.25, 0.3) is 5.92 Å². The summed E-state index contributed by atoms with van der Waals surface area (Å²) in [6.45, 7) is 4.35. The molecule has 6 heteroatoms. The van der Waals surface area contributed by atoms with Gasteiger partial charge in [-0.2, -0.15) is 0 Å². The number of ether oxygens (including phenoxy) is 1. The van der Waals surface area contributed by atoms with E-state index in [0.717, 1.165) is 12.8 Å². The maximum absolute atomic E-state index is 13.4. The van der Waals surface area contributed by atoms with Crippen LogP contribution in [-0.2, 0) is 4.74 Å². The average Bonchev–Trinajstić information content (AvgIpc) is 2.76. The number of nitrogens with one attached hydrogen (secondary N) is 2. The number of hydrogen-bond acceptors (Lipinski definition) is 2. The lowest BCUT2D eigenvalue weighted by Gasteiger charge is -2.30. The zero-order valence-electron chi connectivity index (χ0n) is 11.5. The van der Waals surface area contributed by atoms with Crippen molar-refractivity contribution in [1.29, 1.82) is 0 Å². The van der Waals surface area contributed by atoms with Crippen molar-refractivity contribution in [3.05, 3.63) is 12.7 Å². The van der Waals surface area contributed by atoms with Crippen LogP contribution < -0.4 is 10.6 Å². The van der Waals surface area contributed by atoms with E-state index in [1.807, 2.05) is 0 Å². The predicted octanol–water partition coefficient (Wildman–Crippen LogP) is 2.45. The molecular weight excluding hydrogens is 266 g/mol. The normalized spacial score (nSPS) is 32.6. The fraction of sp³-hybridized carbons (Fsp3) is 0.786. The van der Waals surface area contributed by atoms with Crippen LogP contribution >= 0.6 is 0 Å². The SMILES string of the molecule is C=C[C@@H]1OCCC[C@H]1NC(=O)NCC1CCCC1(F)F. The van der Waals surface area contributed by atoms with E-state index in [1.165, 1.54) is 0 Å². The van der Waals surface area contributed by atoms with Gasteiger partial charge in [0.05, 0.1) is 12.1 Å². The molecule has 0 bridgehead atoms. The number of alkyl halides is 2. The number of carbonyl (C=O) groups is 1. The Labute approximate surface area is 117 Å². The third kappa shape index (κ3) is 3.69. The van der Waals surface area contributed by atoms with Gasteiger partial charge in [-0.15, -0.1) is 6.58 Å². The molecule has 4 nitrogen and oxygen atoms in total. The zero-order chi connectivity index (χ0) is 14.6. The van der Waals surface area contributed by atoms with Gasteiger partial charge < -0.3 is 15.4 Å². The second-order valence-corrected chi connectivity index (χ2v) is 5.52. The summed E-state index contributed by atoms with van der Waals surface area (Å²) >= 11 is 0. The van der Waals surface area contributed by atoms with Gasteiger partial charge in [0.1, 0.15) is 0 Å². The van der Waals surface area contributed by atoms with E-state index >= 15 is 0 Å². The van der Waals surface area contributed by atoms with Crippen molar-refractivity contribution < 1.29 is 18.3 Å². The molecule has 1 heterocycles. The number of hydrogen-bond donors (Lipinski definition) is 2. The summed E-state index contributed by atoms with van der Waals surface area (Å²) in [5.74, 6) is -3.39. The molecule has 0 radical (unpaired) electrons. The summed E-state index contributed by atoms with van der Waals surface area (Å²) in [6, 6.07) is -0.541. The average molecular weight is 288 g/mol. The predicted molar refractivity (Wildman–Crippen MR) is 71.8 cm³/mol. The molecule has 2 aliphatic rings. The molecule has 0 aromatic carbocycles. The van der Waals surface area contributed by atoms with E-state index in [2.05, 4.69) is 17.2 Å². The van der Waals surface area contributed by atoms with Crippen LogP contribution in [0.2, 0.25) is 0 Å². The van der Waals surface area contributed by atoms with E-state index in [4.69, 9.17) is 4.74 Å². The van der Waals surface area contributed by atoms with Crippen molar-refractivity contribution in [2.45, 2.75) is 50.2 Å². The van der Waals surface area contributed by atoms with Crippen molar-refractivity contribution >= 4 is 6.03 Å². The molecule has 0 aromatic rings. The minimum atomic E-state index is -2.65. The Bertz CT molecular complexity index is 363. The fourth-order valence-corrected chi connectivity index (χ4v) is 2.88. The molecule has 0 aromatic heterocycles. The molecule has 1 unspecified atom stereocenters. The van der Waals surface area contributed by atoms with Crippen LogP contribution in [0.15, 0.2) is 12.7 Å². The van der Waals surface area contributed by atoms with Gasteiger partial charge in [0.2, 0.25) is 0 Å². The van der Waals surface area contributed by atoms with Gasteiger partial charge in [-0.3, -0.25) is 0 Å². The van der Waals surface area contributed by atoms with Gasteiger partial charge in [-0.25, -0.2) is 13.6 Å². The summed E-state index contributed by atoms with van der Waals surface area (Å²) in [6.07, 6.45) is 4.05. The Kier molecular flexibility index (Phi) is 4.96. The third-order valence-corrected chi connectivity index (χ3v) is 4.08. The maximum atomic E-state index is 13.4. The van der Waals surface area contributed by atoms with E-state index in [1.54, 1.807) is 6.08 Å². The van der Waals surface area contributed by atoms with E-state index in [0.29, 0.717) is 19.4 Å². The fourth-order valence-electron chi connectivity index (χ4n) is 2.88. The van der Waals surface area contributed by atoms with Gasteiger partial charge >= 0.3 is 6.03 Å². The molecule has 114 valence electrons. The van der Waals surface area contributed by atoms with Crippen LogP contribution in [0.1, 0.15) is 32.1 Å². The first-order chi connectivity index (χ1) is 9.53. The lowest BCUT2D eigenvalue weighted by atomic mass is 10.0. The number of urea groups is 1. The second kappa shape index (κ2) is 6.52. The summed E-state index contributed by atoms with van der Waals surface area (Å²) < 4.78 is 32.3. The standard InChI is InChI=1S/C14H22F2N2O2/c1-2-12-11(6-4-8-20-12)18-13(19)17-9-10-5-3-7-14(10,15)16/h2,10-12H,1,3-9H2,(H2,17,18,19)/t10?,11-,12+/m1/s1. The van der Waals surface area contributed by atoms with E-state index in [9.17, 15) is 13.6 Å². The van der Waals surface area contributed by atoms with Crippen LogP contribution in [0.4, 0.5) is 13.6 Å². The van der Waals surface area contributed by atoms with Crippen molar-refractivity contribution in [1.82, 2.24) is 10.6 Å². The molecule has 1 saturated carbocycles. The highest BCUT2D eigenvalue weighted by Gasteiger charge is 2.43. The Morgan fingerprint density at radius 3 is 2.85 bits per heavy atom. The Hall–Kier alpha value is -1.17. The summed E-state index contributed by atoms with van der Waals surface area (Å²) in [7, 11) is 0. The summed E-state index contributed by atoms with van der Waals surface area (Å²) in [5, 5.41) is 5.33. The molecule has 1 aliphatic carbocycles. The first-order valence-electron chi connectivity index (χ1n) is 7.19. The molecule has 2 fully saturated rings. The summed E-state index contributed by atoms with van der Waals surface area (Å²) in [4.78, 5) is 11.8. The lowest BCUT2D eigenvalue weighted by Crippen LogP contribution is -2.51. The van der Waals surface area contributed by atoms with Gasteiger partial charge in [0, 0.05) is 25.5 Å².